The van der Waals surface area contributed by atoms with Gasteiger partial charge in [0, 0.05) is 25.3 Å². The second kappa shape index (κ2) is 7.17. The van der Waals surface area contributed by atoms with E-state index in [9.17, 15) is 13.5 Å². The lowest BCUT2D eigenvalue weighted by atomic mass is 10.1. The fraction of sp³-hybridized carbons (Fsp3) is 0.571. The van der Waals surface area contributed by atoms with E-state index in [1.165, 1.54) is 6.07 Å². The molecule has 1 saturated heterocycles. The van der Waals surface area contributed by atoms with Gasteiger partial charge in [-0.05, 0) is 44.1 Å². The quantitative estimate of drug-likeness (QED) is 0.450. The van der Waals surface area contributed by atoms with E-state index in [-0.39, 0.29) is 23.2 Å². The first kappa shape index (κ1) is 16.9. The van der Waals surface area contributed by atoms with Gasteiger partial charge in [0.05, 0.1) is 11.4 Å². The number of phenols is 1. The second-order valence-corrected chi connectivity index (χ2v) is 7.42. The topological polar surface area (TPSA) is 108 Å². The molecule has 1 aliphatic rings. The average Bonchev–Trinajstić information content (AvgIpc) is 2.49. The summed E-state index contributed by atoms with van der Waals surface area (Å²) in [4.78, 5) is 2.10. The van der Waals surface area contributed by atoms with E-state index in [0.29, 0.717) is 6.54 Å². The van der Waals surface area contributed by atoms with Crippen LogP contribution in [0.15, 0.2) is 18.2 Å². The Hall–Kier alpha value is -1.51. The Morgan fingerprint density at radius 1 is 1.36 bits per heavy atom. The standard InChI is InChI=1S/C14H24N4O3S/c1-16-12-2-3-14(19)13(10-12)17-22(20,21)9-8-18-6-4-11(15)5-7-18/h2-3,10-11,16-17,19H,4-9,15H2,1H3. The summed E-state index contributed by atoms with van der Waals surface area (Å²) in [7, 11) is -1.78. The number of piperidine rings is 1. The number of phenolic OH excluding ortho intramolecular Hbond substituents is 1. The SMILES string of the molecule is CNc1ccc(O)c(NS(=O)(=O)CCN2CCC(N)CC2)c1. The molecule has 0 amide bonds. The number of nitrogens with two attached hydrogens (primary N) is 1. The van der Waals surface area contributed by atoms with Crippen molar-refractivity contribution in [2.75, 3.05) is 42.5 Å². The highest BCUT2D eigenvalue weighted by molar-refractivity contribution is 7.92. The van der Waals surface area contributed by atoms with Crippen LogP contribution >= 0.6 is 0 Å². The van der Waals surface area contributed by atoms with Gasteiger partial charge >= 0.3 is 0 Å². The van der Waals surface area contributed by atoms with Crippen molar-refractivity contribution in [3.63, 3.8) is 0 Å². The number of aromatic hydroxyl groups is 1. The Morgan fingerprint density at radius 3 is 2.68 bits per heavy atom. The van der Waals surface area contributed by atoms with Gasteiger partial charge in [0.25, 0.3) is 0 Å². The zero-order valence-corrected chi connectivity index (χ0v) is 13.6. The molecule has 0 radical (unpaired) electrons. The van der Waals surface area contributed by atoms with Gasteiger partial charge in [0.1, 0.15) is 5.75 Å². The zero-order valence-electron chi connectivity index (χ0n) is 12.7. The number of nitrogens with one attached hydrogen (secondary N) is 2. The fourth-order valence-corrected chi connectivity index (χ4v) is 3.52. The number of hydrogen-bond acceptors (Lipinski definition) is 6. The van der Waals surface area contributed by atoms with Crippen LogP contribution in [0.5, 0.6) is 5.75 Å². The molecule has 22 heavy (non-hydrogen) atoms. The largest absolute Gasteiger partial charge is 0.506 e. The Balaban J connectivity index is 1.93. The number of hydrogen-bond donors (Lipinski definition) is 4. The van der Waals surface area contributed by atoms with Crippen molar-refractivity contribution in [3.05, 3.63) is 18.2 Å². The molecule has 0 aromatic heterocycles. The normalized spacial score (nSPS) is 17.4. The molecule has 7 nitrogen and oxygen atoms in total. The highest BCUT2D eigenvalue weighted by Gasteiger charge is 2.19. The minimum Gasteiger partial charge on any atom is -0.506 e. The van der Waals surface area contributed by atoms with Crippen LogP contribution in [0.2, 0.25) is 0 Å². The summed E-state index contributed by atoms with van der Waals surface area (Å²) >= 11 is 0. The van der Waals surface area contributed by atoms with E-state index < -0.39 is 10.0 Å². The predicted octanol–water partition coefficient (Wildman–Crippen LogP) is 0.599. The molecule has 0 aliphatic carbocycles. The van der Waals surface area contributed by atoms with E-state index in [1.807, 2.05) is 0 Å². The van der Waals surface area contributed by atoms with Gasteiger partial charge in [-0.3, -0.25) is 4.72 Å². The third-order valence-electron chi connectivity index (χ3n) is 3.86. The van der Waals surface area contributed by atoms with Crippen molar-refractivity contribution in [1.82, 2.24) is 4.90 Å². The summed E-state index contributed by atoms with van der Waals surface area (Å²) in [6.45, 7) is 2.13. The van der Waals surface area contributed by atoms with Gasteiger partial charge in [-0.1, -0.05) is 0 Å². The van der Waals surface area contributed by atoms with Gasteiger partial charge in [0.15, 0.2) is 0 Å². The van der Waals surface area contributed by atoms with Gasteiger partial charge in [-0.2, -0.15) is 0 Å². The zero-order chi connectivity index (χ0) is 16.2. The van der Waals surface area contributed by atoms with Gasteiger partial charge in [-0.15, -0.1) is 0 Å². The molecular formula is C14H24N4O3S. The van der Waals surface area contributed by atoms with Crippen LogP contribution in [-0.4, -0.2) is 56.9 Å². The van der Waals surface area contributed by atoms with Crippen molar-refractivity contribution < 1.29 is 13.5 Å². The van der Waals surface area contributed by atoms with Crippen molar-refractivity contribution in [1.29, 1.82) is 0 Å². The summed E-state index contributed by atoms with van der Waals surface area (Å²) in [6.07, 6.45) is 1.80. The molecule has 1 aliphatic heterocycles. The highest BCUT2D eigenvalue weighted by Crippen LogP contribution is 2.27. The summed E-state index contributed by atoms with van der Waals surface area (Å²) < 4.78 is 26.8. The van der Waals surface area contributed by atoms with Crippen LogP contribution in [0.4, 0.5) is 11.4 Å². The molecule has 0 saturated carbocycles. The number of rotatable bonds is 6. The minimum atomic E-state index is -3.51. The van der Waals surface area contributed by atoms with Crippen LogP contribution in [0.3, 0.4) is 0 Å². The molecule has 0 spiro atoms. The summed E-state index contributed by atoms with van der Waals surface area (Å²) in [5, 5.41) is 12.7. The summed E-state index contributed by atoms with van der Waals surface area (Å²) in [6, 6.07) is 4.92. The smallest absolute Gasteiger partial charge is 0.234 e. The predicted molar refractivity (Wildman–Crippen MR) is 88.7 cm³/mol. The maximum atomic E-state index is 12.2. The molecule has 1 heterocycles. The molecule has 0 atom stereocenters. The van der Waals surface area contributed by atoms with Gasteiger partial charge < -0.3 is 21.1 Å². The lowest BCUT2D eigenvalue weighted by Crippen LogP contribution is -2.42. The van der Waals surface area contributed by atoms with E-state index in [0.717, 1.165) is 31.6 Å². The molecule has 8 heteroatoms. The molecule has 1 fully saturated rings. The molecule has 1 aromatic carbocycles. The van der Waals surface area contributed by atoms with E-state index in [2.05, 4.69) is 14.9 Å². The third kappa shape index (κ3) is 4.75. The monoisotopic (exact) mass is 328 g/mol. The highest BCUT2D eigenvalue weighted by atomic mass is 32.2. The lowest BCUT2D eigenvalue weighted by molar-refractivity contribution is 0.224. The van der Waals surface area contributed by atoms with Crippen LogP contribution in [-0.2, 0) is 10.0 Å². The average molecular weight is 328 g/mol. The molecule has 0 unspecified atom stereocenters. The maximum Gasteiger partial charge on any atom is 0.234 e. The Morgan fingerprint density at radius 2 is 2.05 bits per heavy atom. The number of likely N-dealkylation sites (tertiary alicyclic amines) is 1. The summed E-state index contributed by atoms with van der Waals surface area (Å²) in [5.41, 5.74) is 6.74. The van der Waals surface area contributed by atoms with Crippen molar-refractivity contribution in [3.8, 4) is 5.75 Å². The molecule has 2 rings (SSSR count). The Kier molecular flexibility index (Phi) is 5.49. The third-order valence-corrected chi connectivity index (χ3v) is 5.11. The molecule has 5 N–H and O–H groups in total. The Bertz CT molecular complexity index is 598. The van der Waals surface area contributed by atoms with Crippen molar-refractivity contribution in [2.45, 2.75) is 18.9 Å². The van der Waals surface area contributed by atoms with E-state index >= 15 is 0 Å². The van der Waals surface area contributed by atoms with Gasteiger partial charge in [-0.25, -0.2) is 8.42 Å². The molecule has 0 bridgehead atoms. The van der Waals surface area contributed by atoms with Crippen LogP contribution < -0.4 is 15.8 Å². The molecule has 1 aromatic rings. The number of benzene rings is 1. The summed E-state index contributed by atoms with van der Waals surface area (Å²) in [5.74, 6) is -0.0997. The van der Waals surface area contributed by atoms with E-state index in [1.54, 1.807) is 19.2 Å². The second-order valence-electron chi connectivity index (χ2n) is 5.58. The first-order valence-electron chi connectivity index (χ1n) is 7.39. The van der Waals surface area contributed by atoms with Crippen LogP contribution in [0, 0.1) is 0 Å². The maximum absolute atomic E-state index is 12.2. The van der Waals surface area contributed by atoms with Crippen molar-refractivity contribution >= 4 is 21.4 Å². The first-order chi connectivity index (χ1) is 10.4. The van der Waals surface area contributed by atoms with Crippen LogP contribution in [0.25, 0.3) is 0 Å². The minimum absolute atomic E-state index is 0.00847. The number of nitrogens with zero attached hydrogens (tertiary/aromatic N) is 1. The van der Waals surface area contributed by atoms with Gasteiger partial charge in [0.2, 0.25) is 10.0 Å². The van der Waals surface area contributed by atoms with Crippen molar-refractivity contribution in [2.24, 2.45) is 5.73 Å². The molecule has 124 valence electrons. The number of anilines is 2. The Labute approximate surface area is 131 Å². The fourth-order valence-electron chi connectivity index (χ4n) is 2.42. The van der Waals surface area contributed by atoms with E-state index in [4.69, 9.17) is 5.73 Å². The molecular weight excluding hydrogens is 304 g/mol. The number of sulfonamides is 1. The first-order valence-corrected chi connectivity index (χ1v) is 9.04. The lowest BCUT2D eigenvalue weighted by Gasteiger charge is -2.29. The van der Waals surface area contributed by atoms with Crippen LogP contribution in [0.1, 0.15) is 12.8 Å².